The Balaban J connectivity index is 1.51. The summed E-state index contributed by atoms with van der Waals surface area (Å²) >= 11 is 1.68. The molecular formula is C21H23N3O3S. The summed E-state index contributed by atoms with van der Waals surface area (Å²) in [7, 11) is 1.65. The van der Waals surface area contributed by atoms with Gasteiger partial charge in [0, 0.05) is 18.0 Å². The summed E-state index contributed by atoms with van der Waals surface area (Å²) in [4.78, 5) is 0. The van der Waals surface area contributed by atoms with Gasteiger partial charge < -0.3 is 14.2 Å². The van der Waals surface area contributed by atoms with Gasteiger partial charge in [-0.2, -0.15) is 0 Å². The van der Waals surface area contributed by atoms with Crippen LogP contribution in [-0.4, -0.2) is 40.3 Å². The largest absolute Gasteiger partial charge is 0.497 e. The van der Waals surface area contributed by atoms with Gasteiger partial charge in [-0.25, -0.2) is 0 Å². The minimum atomic E-state index is 0.296. The van der Waals surface area contributed by atoms with Gasteiger partial charge in [-0.3, -0.25) is 4.57 Å². The second-order valence-electron chi connectivity index (χ2n) is 6.48. The van der Waals surface area contributed by atoms with Crippen LogP contribution in [0.5, 0.6) is 11.5 Å². The number of thioether (sulfide) groups is 1. The van der Waals surface area contributed by atoms with E-state index in [9.17, 15) is 0 Å². The lowest BCUT2D eigenvalue weighted by molar-refractivity contribution is 0.129. The number of para-hydroxylation sites is 1. The molecule has 28 heavy (non-hydrogen) atoms. The third-order valence-electron chi connectivity index (χ3n) is 4.56. The van der Waals surface area contributed by atoms with Gasteiger partial charge in [0.05, 0.1) is 13.2 Å². The van der Waals surface area contributed by atoms with E-state index >= 15 is 0 Å². The second-order valence-corrected chi connectivity index (χ2v) is 7.47. The fraction of sp³-hybridized carbons (Fsp3) is 0.333. The molecule has 3 aromatic rings. The first-order valence-electron chi connectivity index (χ1n) is 9.34. The number of ether oxygens (including phenoxy) is 3. The quantitative estimate of drug-likeness (QED) is 0.533. The van der Waals surface area contributed by atoms with E-state index in [0.717, 1.165) is 53.4 Å². The first kappa shape index (κ1) is 18.8. The number of aromatic nitrogens is 3. The van der Waals surface area contributed by atoms with Crippen LogP contribution in [0.15, 0.2) is 59.8 Å². The number of nitrogens with zero attached hydrogens (tertiary/aromatic N) is 3. The first-order chi connectivity index (χ1) is 13.8. The summed E-state index contributed by atoms with van der Waals surface area (Å²) in [5.74, 6) is 3.20. The smallest absolute Gasteiger partial charge is 0.196 e. The molecule has 6 nitrogen and oxygen atoms in total. The summed E-state index contributed by atoms with van der Waals surface area (Å²) in [5.41, 5.74) is 1.02. The molecule has 0 N–H and O–H groups in total. The Kier molecular flexibility index (Phi) is 6.14. The number of hydrogen-bond acceptors (Lipinski definition) is 6. The number of rotatable bonds is 8. The lowest BCUT2D eigenvalue weighted by Crippen LogP contribution is -2.10. The molecule has 0 amide bonds. The highest BCUT2D eigenvalue weighted by Gasteiger charge is 2.20. The molecule has 0 radical (unpaired) electrons. The van der Waals surface area contributed by atoms with Gasteiger partial charge in [-0.15, -0.1) is 10.2 Å². The molecule has 1 saturated heterocycles. The molecule has 0 unspecified atom stereocenters. The van der Waals surface area contributed by atoms with E-state index in [-0.39, 0.29) is 0 Å². The Morgan fingerprint density at radius 3 is 2.57 bits per heavy atom. The Morgan fingerprint density at radius 1 is 1.07 bits per heavy atom. The molecule has 0 bridgehead atoms. The molecule has 7 heteroatoms. The van der Waals surface area contributed by atoms with Crippen molar-refractivity contribution >= 4 is 11.8 Å². The topological polar surface area (TPSA) is 58.4 Å². The zero-order chi connectivity index (χ0) is 19.2. The van der Waals surface area contributed by atoms with Gasteiger partial charge in [0.1, 0.15) is 18.1 Å². The predicted molar refractivity (Wildman–Crippen MR) is 108 cm³/mol. The van der Waals surface area contributed by atoms with Crippen molar-refractivity contribution in [3.63, 3.8) is 0 Å². The van der Waals surface area contributed by atoms with E-state index in [1.165, 1.54) is 0 Å². The fourth-order valence-corrected chi connectivity index (χ4v) is 4.12. The van der Waals surface area contributed by atoms with Crippen LogP contribution in [0.25, 0.3) is 5.69 Å². The average molecular weight is 398 g/mol. The molecule has 1 atom stereocenters. The van der Waals surface area contributed by atoms with E-state index in [1.807, 2.05) is 42.5 Å². The van der Waals surface area contributed by atoms with E-state index in [4.69, 9.17) is 14.2 Å². The van der Waals surface area contributed by atoms with E-state index in [2.05, 4.69) is 26.9 Å². The minimum absolute atomic E-state index is 0.296. The van der Waals surface area contributed by atoms with Crippen LogP contribution in [0.4, 0.5) is 0 Å². The van der Waals surface area contributed by atoms with E-state index < -0.39 is 0 Å². The van der Waals surface area contributed by atoms with Crippen molar-refractivity contribution in [2.24, 2.45) is 0 Å². The minimum Gasteiger partial charge on any atom is -0.497 e. The summed E-state index contributed by atoms with van der Waals surface area (Å²) in [6, 6.07) is 17.6. The molecule has 0 saturated carbocycles. The molecule has 2 aromatic carbocycles. The monoisotopic (exact) mass is 397 g/mol. The van der Waals surface area contributed by atoms with Crippen molar-refractivity contribution in [2.75, 3.05) is 19.5 Å². The highest BCUT2D eigenvalue weighted by molar-refractivity contribution is 7.99. The lowest BCUT2D eigenvalue weighted by atomic mass is 10.3. The Bertz CT molecular complexity index is 878. The molecule has 0 aliphatic carbocycles. The third kappa shape index (κ3) is 4.48. The average Bonchev–Trinajstić information content (AvgIpc) is 3.41. The second kappa shape index (κ2) is 9.12. The Morgan fingerprint density at radius 2 is 1.86 bits per heavy atom. The third-order valence-corrected chi connectivity index (χ3v) is 5.63. The van der Waals surface area contributed by atoms with Crippen LogP contribution in [0.3, 0.4) is 0 Å². The molecule has 4 rings (SSSR count). The fourth-order valence-electron chi connectivity index (χ4n) is 3.09. The number of hydrogen-bond donors (Lipinski definition) is 0. The summed E-state index contributed by atoms with van der Waals surface area (Å²) in [6.45, 7) is 1.19. The zero-order valence-corrected chi connectivity index (χ0v) is 16.6. The van der Waals surface area contributed by atoms with E-state index in [0.29, 0.717) is 12.7 Å². The molecular weight excluding hydrogens is 374 g/mol. The highest BCUT2D eigenvalue weighted by atomic mass is 32.2. The Hall–Kier alpha value is -2.51. The maximum atomic E-state index is 5.93. The first-order valence-corrected chi connectivity index (χ1v) is 10.3. The molecule has 2 heterocycles. The summed E-state index contributed by atoms with van der Waals surface area (Å²) in [5, 5.41) is 9.66. The van der Waals surface area contributed by atoms with Gasteiger partial charge in [0.15, 0.2) is 11.0 Å². The van der Waals surface area contributed by atoms with Crippen LogP contribution in [0.2, 0.25) is 0 Å². The normalized spacial score (nSPS) is 16.2. The van der Waals surface area contributed by atoms with Gasteiger partial charge in [-0.05, 0) is 49.2 Å². The molecule has 1 aliphatic rings. The molecule has 1 fully saturated rings. The Labute approximate surface area is 168 Å². The summed E-state index contributed by atoms with van der Waals surface area (Å²) in [6.07, 6.45) is 2.54. The van der Waals surface area contributed by atoms with Crippen LogP contribution < -0.4 is 9.47 Å². The van der Waals surface area contributed by atoms with Crippen molar-refractivity contribution < 1.29 is 14.2 Å². The standard InChI is InChI=1S/C21H23N3O3S/c1-25-17-9-11-18(12-10-17)27-14-20-22-23-21(28-15-19-8-5-13-26-19)24(20)16-6-3-2-4-7-16/h2-4,6-7,9-12,19H,5,8,13-15H2,1H3/t19-/m1/s1. The SMILES string of the molecule is COc1ccc(OCc2nnc(SC[C@H]3CCCO3)n2-c2ccccc2)cc1. The maximum absolute atomic E-state index is 5.93. The molecule has 1 aromatic heterocycles. The van der Waals surface area contributed by atoms with Crippen LogP contribution in [0, 0.1) is 0 Å². The van der Waals surface area contributed by atoms with Gasteiger partial charge >= 0.3 is 0 Å². The molecule has 146 valence electrons. The predicted octanol–water partition coefficient (Wildman–Crippen LogP) is 4.13. The molecule has 0 spiro atoms. The maximum Gasteiger partial charge on any atom is 0.196 e. The van der Waals surface area contributed by atoms with Crippen molar-refractivity contribution in [3.05, 3.63) is 60.4 Å². The van der Waals surface area contributed by atoms with Crippen LogP contribution >= 0.6 is 11.8 Å². The molecule has 1 aliphatic heterocycles. The van der Waals surface area contributed by atoms with Crippen molar-refractivity contribution in [1.82, 2.24) is 14.8 Å². The number of methoxy groups -OCH3 is 1. The van der Waals surface area contributed by atoms with E-state index in [1.54, 1.807) is 18.9 Å². The van der Waals surface area contributed by atoms with Crippen molar-refractivity contribution in [1.29, 1.82) is 0 Å². The zero-order valence-electron chi connectivity index (χ0n) is 15.8. The van der Waals surface area contributed by atoms with Crippen LogP contribution in [0.1, 0.15) is 18.7 Å². The van der Waals surface area contributed by atoms with Crippen molar-refractivity contribution in [3.8, 4) is 17.2 Å². The van der Waals surface area contributed by atoms with Gasteiger partial charge in [-0.1, -0.05) is 30.0 Å². The lowest BCUT2D eigenvalue weighted by Gasteiger charge is -2.12. The number of benzene rings is 2. The highest BCUT2D eigenvalue weighted by Crippen LogP contribution is 2.26. The van der Waals surface area contributed by atoms with Crippen molar-refractivity contribution in [2.45, 2.75) is 30.7 Å². The van der Waals surface area contributed by atoms with Gasteiger partial charge in [0.2, 0.25) is 0 Å². The summed E-state index contributed by atoms with van der Waals surface area (Å²) < 4.78 is 18.9. The van der Waals surface area contributed by atoms with Crippen LogP contribution in [-0.2, 0) is 11.3 Å². The van der Waals surface area contributed by atoms with Gasteiger partial charge in [0.25, 0.3) is 0 Å².